The lowest BCUT2D eigenvalue weighted by atomic mass is 9.94. The van der Waals surface area contributed by atoms with E-state index in [1.807, 2.05) is 26.0 Å². The molecule has 10 nitrogen and oxygen atoms in total. The summed E-state index contributed by atoms with van der Waals surface area (Å²) in [7, 11) is 3.04. The molecule has 40 heavy (non-hydrogen) atoms. The fourth-order valence-electron chi connectivity index (χ4n) is 5.15. The summed E-state index contributed by atoms with van der Waals surface area (Å²) < 4.78 is 15.0. The number of primary amides is 1. The van der Waals surface area contributed by atoms with Gasteiger partial charge >= 0.3 is 0 Å². The number of nitrogens with zero attached hydrogens (tertiary/aromatic N) is 2. The standard InChI is InChI=1S/C29H35N5O5S/c1-16-10-12-20(17(2)14-16)34(29(37)26-23(30)24(27(31)35)33-40-26)25(28(36)32-19-8-6-5-7-9-19)18-11-13-21(38-3)22(15-18)39-4/h10-15,19,25H,5-9,30H2,1-4H3,(H2,31,35)(H,32,36). The van der Waals surface area contributed by atoms with Crippen molar-refractivity contribution in [2.45, 2.75) is 58.0 Å². The zero-order chi connectivity index (χ0) is 29.0. The van der Waals surface area contributed by atoms with E-state index in [2.05, 4.69) is 9.69 Å². The number of anilines is 2. The lowest BCUT2D eigenvalue weighted by Gasteiger charge is -2.34. The number of amides is 3. The maximum Gasteiger partial charge on any atom is 0.273 e. The molecule has 1 unspecified atom stereocenters. The Morgan fingerprint density at radius 2 is 1.73 bits per heavy atom. The zero-order valence-corrected chi connectivity index (χ0v) is 24.0. The van der Waals surface area contributed by atoms with Gasteiger partial charge in [0.2, 0.25) is 5.91 Å². The van der Waals surface area contributed by atoms with Crippen LogP contribution in [0.4, 0.5) is 11.4 Å². The molecule has 0 bridgehead atoms. The van der Waals surface area contributed by atoms with Crippen molar-refractivity contribution >= 4 is 40.6 Å². The molecule has 1 aliphatic carbocycles. The molecule has 212 valence electrons. The van der Waals surface area contributed by atoms with Gasteiger partial charge in [-0.05, 0) is 67.5 Å². The van der Waals surface area contributed by atoms with E-state index in [0.717, 1.165) is 54.8 Å². The molecular weight excluding hydrogens is 530 g/mol. The highest BCUT2D eigenvalue weighted by Crippen LogP contribution is 2.38. The number of aryl methyl sites for hydroxylation is 2. The van der Waals surface area contributed by atoms with E-state index in [0.29, 0.717) is 22.7 Å². The number of nitrogen functional groups attached to an aromatic ring is 1. The van der Waals surface area contributed by atoms with E-state index in [-0.39, 0.29) is 28.2 Å². The quantitative estimate of drug-likeness (QED) is 0.350. The molecule has 0 radical (unpaired) electrons. The number of carbonyl (C=O) groups is 3. The molecule has 0 spiro atoms. The molecule has 0 saturated heterocycles. The average Bonchev–Trinajstić information content (AvgIpc) is 3.33. The summed E-state index contributed by atoms with van der Waals surface area (Å²) in [4.78, 5) is 41.9. The molecule has 1 aromatic heterocycles. The molecule has 3 aromatic rings. The highest BCUT2D eigenvalue weighted by atomic mass is 32.1. The summed E-state index contributed by atoms with van der Waals surface area (Å²) in [5.74, 6) is -0.854. The van der Waals surface area contributed by atoms with Crippen molar-refractivity contribution in [1.29, 1.82) is 0 Å². The van der Waals surface area contributed by atoms with Crippen LogP contribution < -0.4 is 31.2 Å². The molecular formula is C29H35N5O5S. The van der Waals surface area contributed by atoms with Gasteiger partial charge < -0.3 is 26.3 Å². The van der Waals surface area contributed by atoms with E-state index < -0.39 is 17.9 Å². The number of ether oxygens (including phenoxy) is 2. The van der Waals surface area contributed by atoms with Gasteiger partial charge in [-0.1, -0.05) is 43.0 Å². The largest absolute Gasteiger partial charge is 0.493 e. The Labute approximate surface area is 237 Å². The number of nitrogens with two attached hydrogens (primary N) is 2. The van der Waals surface area contributed by atoms with Gasteiger partial charge in [-0.3, -0.25) is 19.3 Å². The van der Waals surface area contributed by atoms with Crippen LogP contribution >= 0.6 is 11.5 Å². The molecule has 11 heteroatoms. The summed E-state index contributed by atoms with van der Waals surface area (Å²) in [6, 6.07) is 9.63. The van der Waals surface area contributed by atoms with E-state index in [1.54, 1.807) is 24.3 Å². The van der Waals surface area contributed by atoms with Gasteiger partial charge in [0.05, 0.1) is 19.9 Å². The van der Waals surface area contributed by atoms with Gasteiger partial charge in [-0.15, -0.1) is 0 Å². The topological polar surface area (TPSA) is 150 Å². The number of aromatic nitrogens is 1. The van der Waals surface area contributed by atoms with Crippen LogP contribution in [0.3, 0.4) is 0 Å². The molecule has 1 heterocycles. The Balaban J connectivity index is 1.92. The van der Waals surface area contributed by atoms with Crippen LogP contribution in [0.2, 0.25) is 0 Å². The van der Waals surface area contributed by atoms with Gasteiger partial charge in [0.1, 0.15) is 10.9 Å². The fraction of sp³-hybridized carbons (Fsp3) is 0.379. The van der Waals surface area contributed by atoms with Gasteiger partial charge in [-0.2, -0.15) is 4.37 Å². The average molecular weight is 566 g/mol. The number of rotatable bonds is 9. The fourth-order valence-corrected chi connectivity index (χ4v) is 5.89. The molecule has 3 amide bonds. The Bertz CT molecular complexity index is 1420. The van der Waals surface area contributed by atoms with Crippen molar-refractivity contribution in [2.75, 3.05) is 24.9 Å². The molecule has 0 aliphatic heterocycles. The number of hydrogen-bond donors (Lipinski definition) is 3. The summed E-state index contributed by atoms with van der Waals surface area (Å²) in [6.07, 6.45) is 4.92. The minimum atomic E-state index is -1.10. The second-order valence-corrected chi connectivity index (χ2v) is 10.7. The Kier molecular flexibility index (Phi) is 8.93. The summed E-state index contributed by atoms with van der Waals surface area (Å²) >= 11 is 0.775. The summed E-state index contributed by atoms with van der Waals surface area (Å²) in [6.45, 7) is 3.82. The molecule has 1 aliphatic rings. The van der Waals surface area contributed by atoms with Crippen LogP contribution in [0.1, 0.15) is 75.0 Å². The number of nitrogens with one attached hydrogen (secondary N) is 1. The molecule has 1 saturated carbocycles. The lowest BCUT2D eigenvalue weighted by Crippen LogP contribution is -2.47. The monoisotopic (exact) mass is 565 g/mol. The highest BCUT2D eigenvalue weighted by molar-refractivity contribution is 7.09. The first kappa shape index (κ1) is 28.9. The molecule has 1 fully saturated rings. The van der Waals surface area contributed by atoms with Crippen LogP contribution in [0.25, 0.3) is 0 Å². The Morgan fingerprint density at radius 3 is 2.33 bits per heavy atom. The van der Waals surface area contributed by atoms with Crippen LogP contribution in [0.15, 0.2) is 36.4 Å². The first-order valence-corrected chi connectivity index (χ1v) is 13.9. The summed E-state index contributed by atoms with van der Waals surface area (Å²) in [5, 5.41) is 3.19. The van der Waals surface area contributed by atoms with Gasteiger partial charge in [0, 0.05) is 11.7 Å². The third-order valence-corrected chi connectivity index (χ3v) is 8.02. The molecule has 2 aromatic carbocycles. The second-order valence-electron chi connectivity index (χ2n) is 9.96. The SMILES string of the molecule is COc1ccc(C(C(=O)NC2CCCCC2)N(C(=O)c2snc(C(N)=O)c2N)c2ccc(C)cc2C)cc1OC. The first-order chi connectivity index (χ1) is 19.2. The van der Waals surface area contributed by atoms with Crippen molar-refractivity contribution < 1.29 is 23.9 Å². The predicted molar refractivity (Wildman–Crippen MR) is 155 cm³/mol. The van der Waals surface area contributed by atoms with Crippen molar-refractivity contribution in [2.24, 2.45) is 5.73 Å². The Morgan fingerprint density at radius 1 is 1.02 bits per heavy atom. The molecule has 5 N–H and O–H groups in total. The maximum atomic E-state index is 14.4. The van der Waals surface area contributed by atoms with Gasteiger partial charge in [0.15, 0.2) is 17.2 Å². The maximum absolute atomic E-state index is 14.4. The highest BCUT2D eigenvalue weighted by Gasteiger charge is 2.38. The van der Waals surface area contributed by atoms with Crippen LogP contribution in [-0.4, -0.2) is 42.4 Å². The van der Waals surface area contributed by atoms with Crippen molar-refractivity contribution in [1.82, 2.24) is 9.69 Å². The number of methoxy groups -OCH3 is 2. The van der Waals surface area contributed by atoms with E-state index in [9.17, 15) is 14.4 Å². The second kappa shape index (κ2) is 12.4. The minimum absolute atomic E-state index is 0.00472. The van der Waals surface area contributed by atoms with Crippen LogP contribution in [0.5, 0.6) is 11.5 Å². The normalized spacial score (nSPS) is 14.3. The van der Waals surface area contributed by atoms with Gasteiger partial charge in [0.25, 0.3) is 11.8 Å². The first-order valence-electron chi connectivity index (χ1n) is 13.1. The van der Waals surface area contributed by atoms with Crippen LogP contribution in [-0.2, 0) is 4.79 Å². The third-order valence-electron chi connectivity index (χ3n) is 7.17. The third kappa shape index (κ3) is 5.89. The van der Waals surface area contributed by atoms with Crippen molar-refractivity contribution in [3.05, 3.63) is 63.7 Å². The zero-order valence-electron chi connectivity index (χ0n) is 23.2. The van der Waals surface area contributed by atoms with Crippen LogP contribution in [0, 0.1) is 13.8 Å². The van der Waals surface area contributed by atoms with E-state index >= 15 is 0 Å². The lowest BCUT2D eigenvalue weighted by molar-refractivity contribution is -0.123. The Hall–Kier alpha value is -4.12. The molecule has 1 atom stereocenters. The van der Waals surface area contributed by atoms with Gasteiger partial charge in [-0.25, -0.2) is 0 Å². The predicted octanol–water partition coefficient (Wildman–Crippen LogP) is 4.30. The summed E-state index contributed by atoms with van der Waals surface area (Å²) in [5.41, 5.74) is 14.1. The number of benzene rings is 2. The van der Waals surface area contributed by atoms with E-state index in [1.165, 1.54) is 19.1 Å². The van der Waals surface area contributed by atoms with E-state index in [4.69, 9.17) is 20.9 Å². The van der Waals surface area contributed by atoms with Crippen molar-refractivity contribution in [3.8, 4) is 11.5 Å². The molecule has 4 rings (SSSR count). The minimum Gasteiger partial charge on any atom is -0.493 e. The smallest absolute Gasteiger partial charge is 0.273 e. The van der Waals surface area contributed by atoms with Crippen molar-refractivity contribution in [3.63, 3.8) is 0 Å². The number of hydrogen-bond acceptors (Lipinski definition) is 8. The number of carbonyl (C=O) groups excluding carboxylic acids is 3.